The number of phosphoric ester groups is 2. The van der Waals surface area contributed by atoms with Crippen LogP contribution in [0.4, 0.5) is 0 Å². The van der Waals surface area contributed by atoms with Gasteiger partial charge in [0.1, 0.15) is 19.3 Å². The van der Waals surface area contributed by atoms with Crippen LogP contribution in [0.15, 0.2) is 0 Å². The number of hydrogen-bond donors (Lipinski definition) is 3. The Kier molecular flexibility index (Phi) is 66.2. The van der Waals surface area contributed by atoms with Crippen LogP contribution >= 0.6 is 15.6 Å². The summed E-state index contributed by atoms with van der Waals surface area (Å²) in [6.07, 6.45) is 54.1. The molecule has 96 heavy (non-hydrogen) atoms. The Morgan fingerprint density at radius 3 is 0.708 bits per heavy atom. The van der Waals surface area contributed by atoms with Gasteiger partial charge in [0.25, 0.3) is 0 Å². The van der Waals surface area contributed by atoms with Gasteiger partial charge in [0.2, 0.25) is 0 Å². The lowest BCUT2D eigenvalue weighted by molar-refractivity contribution is -0.161. The van der Waals surface area contributed by atoms with Crippen LogP contribution in [0.1, 0.15) is 395 Å². The number of phosphoric acid groups is 2. The fourth-order valence-corrected chi connectivity index (χ4v) is 13.4. The SMILES string of the molecule is CCCCCCCCCCCCCCCCCCC(=O)OC[C@H](COP(=O)(O)OC[C@@H](O)COP(=O)(O)OC[C@@H](COC(=O)CCCCCCCCCCCC(C)C)OC(=O)CCCCCCCCCCCC(C)C)OC(=O)CCCCCCCCCCCCCCCC(C)C. The minimum Gasteiger partial charge on any atom is -0.462 e. The number of esters is 4. The third-order valence-corrected chi connectivity index (χ3v) is 19.8. The van der Waals surface area contributed by atoms with Crippen molar-refractivity contribution in [3.8, 4) is 0 Å². The maximum atomic E-state index is 13.1. The van der Waals surface area contributed by atoms with Gasteiger partial charge in [-0.15, -0.1) is 0 Å². The van der Waals surface area contributed by atoms with E-state index in [1.165, 1.54) is 205 Å². The molecule has 0 spiro atoms. The molecule has 0 rings (SSSR count). The highest BCUT2D eigenvalue weighted by molar-refractivity contribution is 7.47. The summed E-state index contributed by atoms with van der Waals surface area (Å²) < 4.78 is 68.6. The van der Waals surface area contributed by atoms with Gasteiger partial charge in [-0.1, -0.05) is 344 Å². The van der Waals surface area contributed by atoms with Crippen molar-refractivity contribution in [2.24, 2.45) is 17.8 Å². The van der Waals surface area contributed by atoms with Gasteiger partial charge in [0.15, 0.2) is 12.2 Å². The molecule has 0 aromatic heterocycles. The van der Waals surface area contributed by atoms with Crippen LogP contribution in [0.3, 0.4) is 0 Å². The summed E-state index contributed by atoms with van der Waals surface area (Å²) in [6, 6.07) is 0. The molecule has 0 fully saturated rings. The molecule has 0 aromatic carbocycles. The number of carbonyl (C=O) groups is 4. The van der Waals surface area contributed by atoms with E-state index in [1.54, 1.807) is 0 Å². The van der Waals surface area contributed by atoms with Crippen LogP contribution in [0.2, 0.25) is 0 Å². The Bertz CT molecular complexity index is 1870. The molecule has 0 radical (unpaired) electrons. The molecule has 0 saturated heterocycles. The maximum Gasteiger partial charge on any atom is 0.472 e. The van der Waals surface area contributed by atoms with E-state index >= 15 is 0 Å². The fourth-order valence-electron chi connectivity index (χ4n) is 11.8. The Hall–Kier alpha value is -1.94. The molecular formula is C77H150O17P2. The van der Waals surface area contributed by atoms with Crippen molar-refractivity contribution in [3.63, 3.8) is 0 Å². The topological polar surface area (TPSA) is 237 Å². The summed E-state index contributed by atoms with van der Waals surface area (Å²) in [5.41, 5.74) is 0. The number of unbranched alkanes of at least 4 members (excludes halogenated alkanes) is 43. The number of hydrogen-bond acceptors (Lipinski definition) is 15. The number of aliphatic hydroxyl groups is 1. The second-order valence-electron chi connectivity index (χ2n) is 29.2. The van der Waals surface area contributed by atoms with E-state index in [1.807, 2.05) is 0 Å². The number of rotatable bonds is 75. The largest absolute Gasteiger partial charge is 0.472 e. The first-order chi connectivity index (χ1) is 46.2. The van der Waals surface area contributed by atoms with Crippen molar-refractivity contribution in [1.82, 2.24) is 0 Å². The molecule has 0 amide bonds. The van der Waals surface area contributed by atoms with Crippen molar-refractivity contribution >= 4 is 39.5 Å². The predicted octanol–water partition coefficient (Wildman–Crippen LogP) is 22.6. The van der Waals surface area contributed by atoms with Crippen molar-refractivity contribution in [3.05, 3.63) is 0 Å². The second kappa shape index (κ2) is 67.5. The van der Waals surface area contributed by atoms with Crippen LogP contribution in [-0.4, -0.2) is 96.7 Å². The highest BCUT2D eigenvalue weighted by atomic mass is 31.2. The second-order valence-corrected chi connectivity index (χ2v) is 32.1. The first-order valence-electron chi connectivity index (χ1n) is 39.8. The smallest absolute Gasteiger partial charge is 0.462 e. The minimum absolute atomic E-state index is 0.105. The first-order valence-corrected chi connectivity index (χ1v) is 42.8. The third-order valence-electron chi connectivity index (χ3n) is 17.9. The van der Waals surface area contributed by atoms with E-state index in [-0.39, 0.29) is 25.7 Å². The van der Waals surface area contributed by atoms with Crippen LogP contribution in [0.5, 0.6) is 0 Å². The summed E-state index contributed by atoms with van der Waals surface area (Å²) in [5, 5.41) is 10.6. The fraction of sp³-hybridized carbons (Fsp3) is 0.948. The summed E-state index contributed by atoms with van der Waals surface area (Å²) in [6.45, 7) is 11.9. The molecule has 570 valence electrons. The lowest BCUT2D eigenvalue weighted by atomic mass is 10.0. The van der Waals surface area contributed by atoms with Gasteiger partial charge in [0.05, 0.1) is 26.4 Å². The lowest BCUT2D eigenvalue weighted by Gasteiger charge is -2.21. The van der Waals surface area contributed by atoms with Crippen LogP contribution in [-0.2, 0) is 65.4 Å². The van der Waals surface area contributed by atoms with Gasteiger partial charge in [-0.2, -0.15) is 0 Å². The van der Waals surface area contributed by atoms with Gasteiger partial charge in [-0.3, -0.25) is 37.3 Å². The van der Waals surface area contributed by atoms with E-state index in [2.05, 4.69) is 48.5 Å². The first kappa shape index (κ1) is 94.1. The van der Waals surface area contributed by atoms with E-state index in [0.29, 0.717) is 25.7 Å². The molecule has 0 bridgehead atoms. The molecule has 3 N–H and O–H groups in total. The summed E-state index contributed by atoms with van der Waals surface area (Å²) in [5.74, 6) is 0.151. The van der Waals surface area contributed by atoms with Gasteiger partial charge in [-0.25, -0.2) is 9.13 Å². The molecule has 0 aliphatic carbocycles. The molecule has 17 nitrogen and oxygen atoms in total. The van der Waals surface area contributed by atoms with Crippen LogP contribution < -0.4 is 0 Å². The van der Waals surface area contributed by atoms with E-state index in [4.69, 9.17) is 37.0 Å². The zero-order valence-corrected chi connectivity index (χ0v) is 64.6. The normalized spacial score (nSPS) is 14.1. The number of aliphatic hydroxyl groups excluding tert-OH is 1. The zero-order chi connectivity index (χ0) is 70.9. The van der Waals surface area contributed by atoms with Crippen molar-refractivity contribution < 1.29 is 80.2 Å². The van der Waals surface area contributed by atoms with E-state index in [0.717, 1.165) is 108 Å². The van der Waals surface area contributed by atoms with Crippen LogP contribution in [0.25, 0.3) is 0 Å². The lowest BCUT2D eigenvalue weighted by Crippen LogP contribution is -2.30. The zero-order valence-electron chi connectivity index (χ0n) is 62.8. The Labute approximate surface area is 588 Å². The molecule has 0 heterocycles. The molecule has 2 unspecified atom stereocenters. The number of carbonyl (C=O) groups excluding carboxylic acids is 4. The van der Waals surface area contributed by atoms with Crippen molar-refractivity contribution in [1.29, 1.82) is 0 Å². The highest BCUT2D eigenvalue weighted by Gasteiger charge is 2.30. The summed E-state index contributed by atoms with van der Waals surface area (Å²) in [4.78, 5) is 72.9. The molecule has 0 aliphatic rings. The van der Waals surface area contributed by atoms with Gasteiger partial charge in [0, 0.05) is 25.7 Å². The standard InChI is InChI=1S/C77H150O17P2/c1-8-9-10-11-12-13-14-15-16-17-20-23-30-37-44-51-58-74(79)87-64-72(93-76(81)60-53-46-39-31-24-21-18-19-22-27-34-41-48-55-68(2)3)66-91-95(83,84)89-62-71(78)63-90-96(85,86)92-67-73(94-77(82)61-54-47-40-33-26-29-36-43-50-57-70(6)7)65-88-75(80)59-52-45-38-32-25-28-35-42-49-56-69(4)5/h68-73,78H,8-67H2,1-7H3,(H,83,84)(H,85,86)/t71-,72-,73-/m1/s1. The maximum absolute atomic E-state index is 13.1. The van der Waals surface area contributed by atoms with Crippen LogP contribution in [0, 0.1) is 17.8 Å². The highest BCUT2D eigenvalue weighted by Crippen LogP contribution is 2.45. The summed E-state index contributed by atoms with van der Waals surface area (Å²) >= 11 is 0. The van der Waals surface area contributed by atoms with Gasteiger partial charge < -0.3 is 33.8 Å². The summed E-state index contributed by atoms with van der Waals surface area (Å²) in [7, 11) is -9.91. The Balaban J connectivity index is 5.26. The van der Waals surface area contributed by atoms with Crippen molar-refractivity contribution in [2.45, 2.75) is 414 Å². The Morgan fingerprint density at radius 2 is 0.479 bits per heavy atom. The monoisotopic (exact) mass is 1410 g/mol. The molecule has 19 heteroatoms. The molecule has 0 aromatic rings. The Morgan fingerprint density at radius 1 is 0.281 bits per heavy atom. The molecule has 0 saturated carbocycles. The third kappa shape index (κ3) is 70.5. The van der Waals surface area contributed by atoms with E-state index < -0.39 is 97.5 Å². The quantitative estimate of drug-likeness (QED) is 0.0222. The average molecular weight is 1410 g/mol. The molecule has 0 aliphatic heterocycles. The number of ether oxygens (including phenoxy) is 4. The molecule has 5 atom stereocenters. The van der Waals surface area contributed by atoms with Crippen molar-refractivity contribution in [2.75, 3.05) is 39.6 Å². The van der Waals surface area contributed by atoms with Gasteiger partial charge in [-0.05, 0) is 43.4 Å². The predicted molar refractivity (Wildman–Crippen MR) is 391 cm³/mol. The minimum atomic E-state index is -4.96. The van der Waals surface area contributed by atoms with Gasteiger partial charge >= 0.3 is 39.5 Å². The molecular weight excluding hydrogens is 1260 g/mol. The average Bonchev–Trinajstić information content (AvgIpc) is 1.23. The van der Waals surface area contributed by atoms with E-state index in [9.17, 15) is 43.2 Å².